The standard InChI is InChI=1S/C22H32N4O2S/c1-15(2)13-26-21(28)20-18(24-22(26)29-4)12-16(3)25(20)14-19(27)23-11-10-17-8-6-5-7-9-17/h8,12,15H,5-7,9-11,13-14H2,1-4H3,(H,23,27). The average molecular weight is 417 g/mol. The first-order valence-corrected chi connectivity index (χ1v) is 11.7. The second-order valence-corrected chi connectivity index (χ2v) is 9.00. The number of carbonyl (C=O) groups is 1. The topological polar surface area (TPSA) is 68.9 Å². The van der Waals surface area contributed by atoms with Gasteiger partial charge in [-0.05, 0) is 57.3 Å². The number of aromatic nitrogens is 3. The van der Waals surface area contributed by atoms with Gasteiger partial charge in [-0.15, -0.1) is 0 Å². The maximum Gasteiger partial charge on any atom is 0.278 e. The van der Waals surface area contributed by atoms with Crippen molar-refractivity contribution in [2.45, 2.75) is 71.1 Å². The first kappa shape index (κ1) is 21.7. The fraction of sp³-hybridized carbons (Fsp3) is 0.591. The van der Waals surface area contributed by atoms with Crippen LogP contribution in [0.2, 0.25) is 0 Å². The predicted octanol–water partition coefficient (Wildman–Crippen LogP) is 3.89. The Morgan fingerprint density at radius 2 is 2.10 bits per heavy atom. The summed E-state index contributed by atoms with van der Waals surface area (Å²) in [6.07, 6.45) is 9.99. The van der Waals surface area contributed by atoms with Gasteiger partial charge in [0.15, 0.2) is 5.16 Å². The first-order valence-electron chi connectivity index (χ1n) is 10.5. The van der Waals surface area contributed by atoms with Crippen molar-refractivity contribution in [2.24, 2.45) is 5.92 Å². The summed E-state index contributed by atoms with van der Waals surface area (Å²) in [5, 5.41) is 3.74. The van der Waals surface area contributed by atoms with Crippen molar-refractivity contribution in [1.82, 2.24) is 19.4 Å². The van der Waals surface area contributed by atoms with E-state index in [9.17, 15) is 9.59 Å². The summed E-state index contributed by atoms with van der Waals surface area (Å²) in [4.78, 5) is 30.5. The van der Waals surface area contributed by atoms with E-state index >= 15 is 0 Å². The fourth-order valence-corrected chi connectivity index (χ4v) is 4.49. The third-order valence-electron chi connectivity index (χ3n) is 5.36. The van der Waals surface area contributed by atoms with Gasteiger partial charge in [-0.25, -0.2) is 4.98 Å². The van der Waals surface area contributed by atoms with Gasteiger partial charge < -0.3 is 9.88 Å². The van der Waals surface area contributed by atoms with Crippen LogP contribution in [0, 0.1) is 12.8 Å². The molecule has 0 saturated carbocycles. The molecule has 29 heavy (non-hydrogen) atoms. The van der Waals surface area contributed by atoms with Crippen molar-refractivity contribution in [3.63, 3.8) is 0 Å². The summed E-state index contributed by atoms with van der Waals surface area (Å²) in [6, 6.07) is 1.90. The van der Waals surface area contributed by atoms with Crippen molar-refractivity contribution in [1.29, 1.82) is 0 Å². The number of carbonyl (C=O) groups excluding carboxylic acids is 1. The third kappa shape index (κ3) is 5.13. The number of nitrogens with zero attached hydrogens (tertiary/aromatic N) is 3. The normalized spacial score (nSPS) is 14.4. The van der Waals surface area contributed by atoms with Crippen molar-refractivity contribution < 1.29 is 4.79 Å². The van der Waals surface area contributed by atoms with E-state index in [1.165, 1.54) is 30.2 Å². The minimum absolute atomic E-state index is 0.0641. The summed E-state index contributed by atoms with van der Waals surface area (Å²) in [6.45, 7) is 7.50. The van der Waals surface area contributed by atoms with Crippen LogP contribution in [0.5, 0.6) is 0 Å². The highest BCUT2D eigenvalue weighted by Crippen LogP contribution is 2.21. The number of amides is 1. The van der Waals surface area contributed by atoms with Crippen molar-refractivity contribution >= 4 is 28.7 Å². The van der Waals surface area contributed by atoms with Crippen LogP contribution in [0.15, 0.2) is 27.7 Å². The first-order chi connectivity index (χ1) is 13.9. The predicted molar refractivity (Wildman–Crippen MR) is 120 cm³/mol. The Hall–Kier alpha value is -2.02. The lowest BCUT2D eigenvalue weighted by atomic mass is 9.97. The molecule has 0 bridgehead atoms. The van der Waals surface area contributed by atoms with Crippen molar-refractivity contribution in [3.8, 4) is 0 Å². The molecule has 1 amide bonds. The lowest BCUT2D eigenvalue weighted by Gasteiger charge is -2.15. The molecule has 6 nitrogen and oxygen atoms in total. The van der Waals surface area contributed by atoms with Gasteiger partial charge in [0.1, 0.15) is 12.1 Å². The van der Waals surface area contributed by atoms with E-state index in [2.05, 4.69) is 30.2 Å². The molecule has 0 aromatic carbocycles. The van der Waals surface area contributed by atoms with Gasteiger partial charge in [0.05, 0.1) is 5.52 Å². The second kappa shape index (κ2) is 9.65. The minimum atomic E-state index is -0.0682. The van der Waals surface area contributed by atoms with E-state index in [0.717, 1.165) is 30.1 Å². The highest BCUT2D eigenvalue weighted by molar-refractivity contribution is 7.98. The van der Waals surface area contributed by atoms with E-state index in [1.54, 1.807) is 9.13 Å². The molecule has 0 spiro atoms. The zero-order valence-corrected chi connectivity index (χ0v) is 18.8. The second-order valence-electron chi connectivity index (χ2n) is 8.22. The molecule has 1 aliphatic rings. The lowest BCUT2D eigenvalue weighted by Crippen LogP contribution is -2.31. The molecular weight excluding hydrogens is 384 g/mol. The van der Waals surface area contributed by atoms with Crippen LogP contribution >= 0.6 is 11.8 Å². The van der Waals surface area contributed by atoms with Gasteiger partial charge >= 0.3 is 0 Å². The molecule has 2 aromatic rings. The molecule has 158 valence electrons. The molecule has 1 N–H and O–H groups in total. The van der Waals surface area contributed by atoms with Crippen LogP contribution in [-0.4, -0.2) is 32.8 Å². The number of hydrogen-bond acceptors (Lipinski definition) is 4. The number of thioether (sulfide) groups is 1. The van der Waals surface area contributed by atoms with Gasteiger partial charge in [0.2, 0.25) is 5.91 Å². The van der Waals surface area contributed by atoms with Crippen LogP contribution in [0.3, 0.4) is 0 Å². The summed E-state index contributed by atoms with van der Waals surface area (Å²) in [7, 11) is 0. The smallest absolute Gasteiger partial charge is 0.278 e. The zero-order valence-electron chi connectivity index (χ0n) is 18.0. The van der Waals surface area contributed by atoms with Crippen LogP contribution in [-0.2, 0) is 17.9 Å². The summed E-state index contributed by atoms with van der Waals surface area (Å²) in [5.74, 6) is 0.269. The highest BCUT2D eigenvalue weighted by Gasteiger charge is 2.18. The Bertz CT molecular complexity index is 971. The van der Waals surface area contributed by atoms with Gasteiger partial charge in [0.25, 0.3) is 5.56 Å². The Morgan fingerprint density at radius 1 is 1.31 bits per heavy atom. The molecule has 3 rings (SSSR count). The molecule has 1 aliphatic carbocycles. The fourth-order valence-electron chi connectivity index (χ4n) is 3.93. The van der Waals surface area contributed by atoms with Gasteiger partial charge in [0, 0.05) is 18.8 Å². The Morgan fingerprint density at radius 3 is 2.76 bits per heavy atom. The quantitative estimate of drug-likeness (QED) is 0.403. The Labute approximate surface area is 176 Å². The lowest BCUT2D eigenvalue weighted by molar-refractivity contribution is -0.121. The van der Waals surface area contributed by atoms with Crippen molar-refractivity contribution in [2.75, 3.05) is 12.8 Å². The molecule has 0 aliphatic heterocycles. The minimum Gasteiger partial charge on any atom is -0.354 e. The molecule has 2 heterocycles. The number of rotatable bonds is 8. The third-order valence-corrected chi connectivity index (χ3v) is 6.04. The van der Waals surface area contributed by atoms with Crippen molar-refractivity contribution in [3.05, 3.63) is 33.8 Å². The largest absolute Gasteiger partial charge is 0.354 e. The van der Waals surface area contributed by atoms with Gasteiger partial charge in [-0.1, -0.05) is 37.3 Å². The zero-order chi connectivity index (χ0) is 21.0. The number of nitrogens with one attached hydrogen (secondary N) is 1. The summed E-state index contributed by atoms with van der Waals surface area (Å²) >= 11 is 1.48. The van der Waals surface area contributed by atoms with E-state index in [4.69, 9.17) is 0 Å². The highest BCUT2D eigenvalue weighted by atomic mass is 32.2. The molecular formula is C22H32N4O2S. The Kier molecular flexibility index (Phi) is 7.22. The van der Waals surface area contributed by atoms with E-state index in [0.29, 0.717) is 30.0 Å². The summed E-state index contributed by atoms with van der Waals surface area (Å²) < 4.78 is 3.54. The molecule has 0 radical (unpaired) electrons. The molecule has 0 saturated heterocycles. The van der Waals surface area contributed by atoms with Crippen LogP contribution in [0.1, 0.15) is 51.6 Å². The molecule has 2 aromatic heterocycles. The number of allylic oxidation sites excluding steroid dienone is 1. The maximum atomic E-state index is 13.2. The Balaban J connectivity index is 1.79. The van der Waals surface area contributed by atoms with Crippen LogP contribution in [0.25, 0.3) is 11.0 Å². The molecule has 7 heteroatoms. The average Bonchev–Trinajstić information content (AvgIpc) is 2.99. The van der Waals surface area contributed by atoms with Crippen LogP contribution in [0.4, 0.5) is 0 Å². The van der Waals surface area contributed by atoms with Crippen LogP contribution < -0.4 is 10.9 Å². The molecule has 0 unspecified atom stereocenters. The molecule has 0 atom stereocenters. The van der Waals surface area contributed by atoms with Gasteiger partial charge in [-0.2, -0.15) is 0 Å². The summed E-state index contributed by atoms with van der Waals surface area (Å²) in [5.41, 5.74) is 3.44. The SMILES string of the molecule is CSc1nc2cc(C)n(CC(=O)NCCC3=CCCCC3)c2c(=O)n1CC(C)C. The number of hydrogen-bond donors (Lipinski definition) is 1. The molecule has 0 fully saturated rings. The van der Waals surface area contributed by atoms with E-state index in [1.807, 2.05) is 19.2 Å². The van der Waals surface area contributed by atoms with Gasteiger partial charge in [-0.3, -0.25) is 14.2 Å². The monoisotopic (exact) mass is 416 g/mol. The number of aryl methyl sites for hydroxylation is 1. The maximum absolute atomic E-state index is 13.2. The van der Waals surface area contributed by atoms with E-state index < -0.39 is 0 Å². The number of fused-ring (bicyclic) bond motifs is 1. The van der Waals surface area contributed by atoms with E-state index in [-0.39, 0.29) is 18.0 Å².